The van der Waals surface area contributed by atoms with Gasteiger partial charge in [-0.05, 0) is 24.0 Å². The molecule has 1 fully saturated rings. The minimum absolute atomic E-state index is 0.106. The van der Waals surface area contributed by atoms with Crippen molar-refractivity contribution in [2.75, 3.05) is 13.1 Å². The lowest BCUT2D eigenvalue weighted by atomic mass is 9.78. The number of hydrogen-bond donors (Lipinski definition) is 0. The maximum Gasteiger partial charge on any atom is 0.260 e. The molecule has 2 aromatic rings. The van der Waals surface area contributed by atoms with Crippen LogP contribution in [0.15, 0.2) is 47.6 Å². The zero-order valence-electron chi connectivity index (χ0n) is 13.8. The van der Waals surface area contributed by atoms with Crippen molar-refractivity contribution in [3.8, 4) is 0 Å². The molecule has 0 amide bonds. The van der Waals surface area contributed by atoms with E-state index < -0.39 is 10.0 Å². The Balaban J connectivity index is 1.94. The van der Waals surface area contributed by atoms with E-state index in [1.54, 1.807) is 16.6 Å². The van der Waals surface area contributed by atoms with Gasteiger partial charge in [0, 0.05) is 25.6 Å². The molecule has 0 unspecified atom stereocenters. The first-order valence-corrected chi connectivity index (χ1v) is 9.37. The Bertz CT molecular complexity index is 781. The van der Waals surface area contributed by atoms with Crippen molar-refractivity contribution in [3.05, 3.63) is 48.2 Å². The fourth-order valence-corrected chi connectivity index (χ4v) is 5.20. The number of sulfonamides is 1. The number of nitrogens with zero attached hydrogens (tertiary/aromatic N) is 3. The van der Waals surface area contributed by atoms with Crippen LogP contribution in [0.25, 0.3) is 0 Å². The lowest BCUT2D eigenvalue weighted by Gasteiger charge is -2.25. The topological polar surface area (TPSA) is 55.2 Å². The first-order chi connectivity index (χ1) is 10.9. The second-order valence-corrected chi connectivity index (χ2v) is 8.62. The summed E-state index contributed by atoms with van der Waals surface area (Å²) in [6, 6.07) is 11.8. The Morgan fingerprint density at radius 2 is 1.91 bits per heavy atom. The van der Waals surface area contributed by atoms with Crippen molar-refractivity contribution in [1.29, 1.82) is 0 Å². The van der Waals surface area contributed by atoms with E-state index in [2.05, 4.69) is 31.1 Å². The fraction of sp³-hybridized carbons (Fsp3) is 0.471. The van der Waals surface area contributed by atoms with Crippen LogP contribution in [-0.2, 0) is 16.6 Å². The van der Waals surface area contributed by atoms with Crippen molar-refractivity contribution >= 4 is 10.0 Å². The van der Waals surface area contributed by atoms with Crippen LogP contribution in [0.3, 0.4) is 0 Å². The van der Waals surface area contributed by atoms with E-state index in [1.807, 2.05) is 25.1 Å². The highest BCUT2D eigenvalue weighted by Gasteiger charge is 2.45. The monoisotopic (exact) mass is 333 g/mol. The predicted molar refractivity (Wildman–Crippen MR) is 89.6 cm³/mol. The molecular formula is C17H23N3O2S. The molecule has 1 aromatic heterocycles. The number of hydrogen-bond acceptors (Lipinski definition) is 3. The lowest BCUT2D eigenvalue weighted by molar-refractivity contribution is 0.346. The molecule has 0 bridgehead atoms. The Hall–Kier alpha value is -1.66. The van der Waals surface area contributed by atoms with E-state index in [4.69, 9.17) is 0 Å². The van der Waals surface area contributed by atoms with Crippen LogP contribution in [0.5, 0.6) is 0 Å². The van der Waals surface area contributed by atoms with Gasteiger partial charge in [-0.1, -0.05) is 44.2 Å². The molecule has 23 heavy (non-hydrogen) atoms. The fourth-order valence-electron chi connectivity index (χ4n) is 3.41. The van der Waals surface area contributed by atoms with E-state index in [1.165, 1.54) is 10.2 Å². The molecule has 2 heterocycles. The van der Waals surface area contributed by atoms with Crippen LogP contribution >= 0.6 is 0 Å². The molecule has 124 valence electrons. The summed E-state index contributed by atoms with van der Waals surface area (Å²) in [5, 5.41) is 4.38. The Morgan fingerprint density at radius 1 is 1.22 bits per heavy atom. The molecule has 0 aliphatic carbocycles. The average Bonchev–Trinajstić information content (AvgIpc) is 3.12. The summed E-state index contributed by atoms with van der Waals surface area (Å²) < 4.78 is 29.2. The van der Waals surface area contributed by atoms with Crippen LogP contribution in [0.4, 0.5) is 0 Å². The van der Waals surface area contributed by atoms with Gasteiger partial charge in [0.15, 0.2) is 5.03 Å². The molecule has 1 aliphatic rings. The van der Waals surface area contributed by atoms with Gasteiger partial charge < -0.3 is 0 Å². The molecule has 6 heteroatoms. The number of aryl methyl sites for hydroxylation is 1. The molecular weight excluding hydrogens is 310 g/mol. The van der Waals surface area contributed by atoms with Gasteiger partial charge in [0.05, 0.1) is 6.20 Å². The Kier molecular flexibility index (Phi) is 4.06. The van der Waals surface area contributed by atoms with E-state index >= 15 is 0 Å². The third-order valence-corrected chi connectivity index (χ3v) is 6.53. The minimum Gasteiger partial charge on any atom is -0.253 e. The number of benzene rings is 1. The SMILES string of the molecule is CCn1nccc1S(=O)(=O)N1C[C@H](c2ccccc2)C(C)(C)C1. The second kappa shape index (κ2) is 5.76. The van der Waals surface area contributed by atoms with Crippen LogP contribution in [0, 0.1) is 5.41 Å². The number of rotatable bonds is 4. The third kappa shape index (κ3) is 2.81. The van der Waals surface area contributed by atoms with Gasteiger partial charge in [-0.15, -0.1) is 0 Å². The van der Waals surface area contributed by atoms with Gasteiger partial charge >= 0.3 is 0 Å². The van der Waals surface area contributed by atoms with Crippen molar-refractivity contribution < 1.29 is 8.42 Å². The first kappa shape index (κ1) is 16.2. The van der Waals surface area contributed by atoms with Gasteiger partial charge in [-0.25, -0.2) is 8.42 Å². The minimum atomic E-state index is -3.52. The van der Waals surface area contributed by atoms with E-state index in [0.29, 0.717) is 19.6 Å². The summed E-state index contributed by atoms with van der Waals surface area (Å²) in [7, 11) is -3.52. The molecule has 0 saturated carbocycles. The van der Waals surface area contributed by atoms with Crippen molar-refractivity contribution in [1.82, 2.24) is 14.1 Å². The highest BCUT2D eigenvalue weighted by Crippen LogP contribution is 2.43. The number of aromatic nitrogens is 2. The molecule has 5 nitrogen and oxygen atoms in total. The Morgan fingerprint density at radius 3 is 2.57 bits per heavy atom. The van der Waals surface area contributed by atoms with Gasteiger partial charge in [-0.2, -0.15) is 9.40 Å². The van der Waals surface area contributed by atoms with Gasteiger partial charge in [0.25, 0.3) is 10.0 Å². The molecule has 1 aliphatic heterocycles. The zero-order valence-corrected chi connectivity index (χ0v) is 14.6. The van der Waals surface area contributed by atoms with Gasteiger partial charge in [0.2, 0.25) is 0 Å². The molecule has 0 N–H and O–H groups in total. The molecule has 0 radical (unpaired) electrons. The van der Waals surface area contributed by atoms with E-state index in [-0.39, 0.29) is 16.4 Å². The molecule has 0 spiro atoms. The van der Waals surface area contributed by atoms with Crippen LogP contribution in [0.1, 0.15) is 32.3 Å². The van der Waals surface area contributed by atoms with Crippen LogP contribution in [-0.4, -0.2) is 35.6 Å². The molecule has 1 saturated heterocycles. The Labute approximate surface area is 138 Å². The summed E-state index contributed by atoms with van der Waals surface area (Å²) in [5.41, 5.74) is 1.09. The first-order valence-electron chi connectivity index (χ1n) is 7.93. The van der Waals surface area contributed by atoms with E-state index in [9.17, 15) is 8.42 Å². The highest BCUT2D eigenvalue weighted by molar-refractivity contribution is 7.89. The summed E-state index contributed by atoms with van der Waals surface area (Å²) in [6.45, 7) is 7.74. The smallest absolute Gasteiger partial charge is 0.253 e. The summed E-state index contributed by atoms with van der Waals surface area (Å²) in [5.74, 6) is 0.191. The highest BCUT2D eigenvalue weighted by atomic mass is 32.2. The van der Waals surface area contributed by atoms with E-state index in [0.717, 1.165) is 0 Å². The summed E-state index contributed by atoms with van der Waals surface area (Å²) in [6.07, 6.45) is 1.55. The largest absolute Gasteiger partial charge is 0.260 e. The quantitative estimate of drug-likeness (QED) is 0.864. The van der Waals surface area contributed by atoms with Gasteiger partial charge in [0.1, 0.15) is 0 Å². The summed E-state index contributed by atoms with van der Waals surface area (Å²) >= 11 is 0. The van der Waals surface area contributed by atoms with Crippen molar-refractivity contribution in [3.63, 3.8) is 0 Å². The lowest BCUT2D eigenvalue weighted by Crippen LogP contribution is -2.32. The summed E-state index contributed by atoms with van der Waals surface area (Å²) in [4.78, 5) is 0. The third-order valence-electron chi connectivity index (χ3n) is 4.70. The molecule has 1 aromatic carbocycles. The average molecular weight is 333 g/mol. The van der Waals surface area contributed by atoms with Gasteiger partial charge in [-0.3, -0.25) is 4.68 Å². The standard InChI is InChI=1S/C17H23N3O2S/c1-4-20-16(10-11-18-20)23(21,22)19-12-15(17(2,3)13-19)14-8-6-5-7-9-14/h5-11,15H,4,12-13H2,1-3H3/t15-/m1/s1. The maximum absolute atomic E-state index is 13.0. The van der Waals surface area contributed by atoms with Crippen molar-refractivity contribution in [2.45, 2.75) is 38.3 Å². The second-order valence-electron chi connectivity index (χ2n) is 6.73. The van der Waals surface area contributed by atoms with Crippen molar-refractivity contribution in [2.24, 2.45) is 5.41 Å². The predicted octanol–water partition coefficient (Wildman–Crippen LogP) is 2.72. The molecule has 3 rings (SSSR count). The molecule has 1 atom stereocenters. The van der Waals surface area contributed by atoms with Crippen LogP contribution in [0.2, 0.25) is 0 Å². The zero-order chi connectivity index (χ0) is 16.7. The van der Waals surface area contributed by atoms with Crippen LogP contribution < -0.4 is 0 Å². The normalized spacial score (nSPS) is 21.6. The maximum atomic E-state index is 13.0.